The lowest BCUT2D eigenvalue weighted by atomic mass is 10.1. The molecule has 0 aromatic heterocycles. The van der Waals surface area contributed by atoms with E-state index in [1.54, 1.807) is 17.0 Å². The molecule has 1 heterocycles. The number of amides is 2. The van der Waals surface area contributed by atoms with Gasteiger partial charge in [0, 0.05) is 12.2 Å². The predicted molar refractivity (Wildman–Crippen MR) is 96.1 cm³/mol. The van der Waals surface area contributed by atoms with Crippen molar-refractivity contribution in [2.24, 2.45) is 0 Å². The molecule has 1 fully saturated rings. The number of rotatable bonds is 5. The van der Waals surface area contributed by atoms with E-state index in [0.29, 0.717) is 24.5 Å². The summed E-state index contributed by atoms with van der Waals surface area (Å²) in [6.07, 6.45) is 0.967. The van der Waals surface area contributed by atoms with Gasteiger partial charge in [-0.15, -0.1) is 0 Å². The molecule has 1 atom stereocenters. The van der Waals surface area contributed by atoms with E-state index in [9.17, 15) is 4.79 Å². The maximum Gasteiger partial charge on any atom is 0.322 e. The predicted octanol–water partition coefficient (Wildman–Crippen LogP) is 2.91. The lowest BCUT2D eigenvalue weighted by Crippen LogP contribution is -2.29. The van der Waals surface area contributed by atoms with Crippen LogP contribution < -0.4 is 26.4 Å². The van der Waals surface area contributed by atoms with Crippen LogP contribution in [0.1, 0.15) is 24.9 Å². The van der Waals surface area contributed by atoms with Crippen molar-refractivity contribution >= 4 is 23.1 Å². The highest BCUT2D eigenvalue weighted by atomic mass is 16.5. The average molecular weight is 326 g/mol. The van der Waals surface area contributed by atoms with E-state index < -0.39 is 0 Å². The fourth-order valence-corrected chi connectivity index (χ4v) is 2.78. The molecule has 0 radical (unpaired) electrons. The first-order valence-electron chi connectivity index (χ1n) is 8.05. The van der Waals surface area contributed by atoms with Gasteiger partial charge < -0.3 is 21.5 Å². The number of carbonyl (C=O) groups is 1. The van der Waals surface area contributed by atoms with Crippen molar-refractivity contribution < 1.29 is 9.53 Å². The summed E-state index contributed by atoms with van der Waals surface area (Å²) < 4.78 is 5.61. The number of hydrogen-bond donors (Lipinski definition) is 3. The highest BCUT2D eigenvalue weighted by Gasteiger charge is 2.33. The van der Waals surface area contributed by atoms with Gasteiger partial charge in [0.1, 0.15) is 5.75 Å². The molecule has 2 aromatic carbocycles. The van der Waals surface area contributed by atoms with Crippen LogP contribution in [-0.4, -0.2) is 19.2 Å². The van der Waals surface area contributed by atoms with E-state index in [1.807, 2.05) is 30.3 Å². The summed E-state index contributed by atoms with van der Waals surface area (Å²) in [4.78, 5) is 14.0. The molecule has 6 heteroatoms. The first-order chi connectivity index (χ1) is 11.6. The lowest BCUT2D eigenvalue weighted by molar-refractivity contribution is 0.251. The fourth-order valence-electron chi connectivity index (χ4n) is 2.78. The quantitative estimate of drug-likeness (QED) is 0.736. The van der Waals surface area contributed by atoms with Crippen molar-refractivity contribution in [1.29, 1.82) is 0 Å². The Balaban J connectivity index is 1.86. The SMILES string of the molecule is CCCOc1ccc([C@H]2CNC(=O)N2c2ccc(N)c(N)c2)cc1. The summed E-state index contributed by atoms with van der Waals surface area (Å²) in [7, 11) is 0. The van der Waals surface area contributed by atoms with Crippen LogP contribution in [-0.2, 0) is 0 Å². The summed E-state index contributed by atoms with van der Waals surface area (Å²) in [6, 6.07) is 12.9. The topological polar surface area (TPSA) is 93.6 Å². The van der Waals surface area contributed by atoms with Gasteiger partial charge in [0.25, 0.3) is 0 Å². The van der Waals surface area contributed by atoms with Gasteiger partial charge >= 0.3 is 6.03 Å². The van der Waals surface area contributed by atoms with Crippen LogP contribution in [0.2, 0.25) is 0 Å². The van der Waals surface area contributed by atoms with E-state index >= 15 is 0 Å². The minimum Gasteiger partial charge on any atom is -0.494 e. The Morgan fingerprint density at radius 1 is 1.17 bits per heavy atom. The van der Waals surface area contributed by atoms with E-state index in [0.717, 1.165) is 23.4 Å². The summed E-state index contributed by atoms with van der Waals surface area (Å²) in [5.74, 6) is 0.834. The number of ether oxygens (including phenoxy) is 1. The molecule has 3 rings (SSSR count). The van der Waals surface area contributed by atoms with Crippen molar-refractivity contribution in [1.82, 2.24) is 5.32 Å². The molecule has 2 aromatic rings. The second-order valence-electron chi connectivity index (χ2n) is 5.80. The zero-order valence-electron chi connectivity index (χ0n) is 13.7. The van der Waals surface area contributed by atoms with Gasteiger partial charge in [-0.2, -0.15) is 0 Å². The standard InChI is InChI=1S/C18H22N4O2/c1-2-9-24-14-6-3-12(4-7-14)17-11-21-18(23)22(17)13-5-8-15(19)16(20)10-13/h3-8,10,17H,2,9,11,19-20H2,1H3,(H,21,23)/t17-/m1/s1. The number of nitrogens with two attached hydrogens (primary N) is 2. The number of benzene rings is 2. The van der Waals surface area contributed by atoms with Crippen LogP contribution >= 0.6 is 0 Å². The first kappa shape index (κ1) is 16.0. The molecular formula is C18H22N4O2. The Labute approximate surface area is 141 Å². The van der Waals surface area contributed by atoms with Gasteiger partial charge in [-0.3, -0.25) is 4.90 Å². The molecule has 0 bridgehead atoms. The van der Waals surface area contributed by atoms with Gasteiger partial charge in [-0.25, -0.2) is 4.79 Å². The molecule has 5 N–H and O–H groups in total. The monoisotopic (exact) mass is 326 g/mol. The second-order valence-corrected chi connectivity index (χ2v) is 5.80. The van der Waals surface area contributed by atoms with Crippen LogP contribution in [0.15, 0.2) is 42.5 Å². The third-order valence-corrected chi connectivity index (χ3v) is 4.06. The largest absolute Gasteiger partial charge is 0.494 e. The van der Waals surface area contributed by atoms with Crippen molar-refractivity contribution in [3.8, 4) is 5.75 Å². The minimum atomic E-state index is -0.143. The van der Waals surface area contributed by atoms with Crippen molar-refractivity contribution in [2.75, 3.05) is 29.5 Å². The summed E-state index contributed by atoms with van der Waals surface area (Å²) in [5.41, 5.74) is 14.4. The number of nitrogens with one attached hydrogen (secondary N) is 1. The van der Waals surface area contributed by atoms with Gasteiger partial charge in [-0.05, 0) is 42.3 Å². The van der Waals surface area contributed by atoms with Gasteiger partial charge in [0.05, 0.1) is 24.0 Å². The Bertz CT molecular complexity index is 730. The molecule has 0 aliphatic carbocycles. The van der Waals surface area contributed by atoms with Crippen LogP contribution in [0.5, 0.6) is 5.75 Å². The maximum absolute atomic E-state index is 12.3. The molecule has 0 unspecified atom stereocenters. The molecule has 1 aliphatic rings. The highest BCUT2D eigenvalue weighted by molar-refractivity contribution is 5.96. The van der Waals surface area contributed by atoms with Crippen LogP contribution in [0.3, 0.4) is 0 Å². The summed E-state index contributed by atoms with van der Waals surface area (Å²) >= 11 is 0. The van der Waals surface area contributed by atoms with Gasteiger partial charge in [-0.1, -0.05) is 19.1 Å². The molecule has 126 valence electrons. The molecule has 6 nitrogen and oxygen atoms in total. The first-order valence-corrected chi connectivity index (χ1v) is 8.05. The van der Waals surface area contributed by atoms with Crippen LogP contribution in [0.25, 0.3) is 0 Å². The van der Waals surface area contributed by atoms with E-state index in [-0.39, 0.29) is 12.1 Å². The van der Waals surface area contributed by atoms with Gasteiger partial charge in [0.2, 0.25) is 0 Å². The van der Waals surface area contributed by atoms with E-state index in [4.69, 9.17) is 16.2 Å². The van der Waals surface area contributed by atoms with Crippen molar-refractivity contribution in [2.45, 2.75) is 19.4 Å². The van der Waals surface area contributed by atoms with Crippen LogP contribution in [0, 0.1) is 0 Å². The number of nitrogen functional groups attached to an aromatic ring is 2. The zero-order valence-corrected chi connectivity index (χ0v) is 13.7. The van der Waals surface area contributed by atoms with Crippen molar-refractivity contribution in [3.05, 3.63) is 48.0 Å². The number of nitrogens with zero attached hydrogens (tertiary/aromatic N) is 1. The number of carbonyl (C=O) groups excluding carboxylic acids is 1. The normalized spacial score (nSPS) is 17.0. The zero-order chi connectivity index (χ0) is 17.1. The molecule has 24 heavy (non-hydrogen) atoms. The molecule has 1 saturated heterocycles. The minimum absolute atomic E-state index is 0.0965. The fraction of sp³-hybridized carbons (Fsp3) is 0.278. The molecule has 0 spiro atoms. The van der Waals surface area contributed by atoms with Crippen LogP contribution in [0.4, 0.5) is 21.9 Å². The Morgan fingerprint density at radius 2 is 1.92 bits per heavy atom. The number of urea groups is 1. The van der Waals surface area contributed by atoms with Gasteiger partial charge in [0.15, 0.2) is 0 Å². The van der Waals surface area contributed by atoms with E-state index in [1.165, 1.54) is 0 Å². The smallest absolute Gasteiger partial charge is 0.322 e. The third-order valence-electron chi connectivity index (χ3n) is 4.06. The second kappa shape index (κ2) is 6.70. The number of hydrogen-bond acceptors (Lipinski definition) is 4. The lowest BCUT2D eigenvalue weighted by Gasteiger charge is -2.24. The molecular weight excluding hydrogens is 304 g/mol. The maximum atomic E-state index is 12.3. The Kier molecular flexibility index (Phi) is 4.46. The number of anilines is 3. The molecule has 2 amide bonds. The summed E-state index contributed by atoms with van der Waals surface area (Å²) in [5, 5.41) is 2.88. The Morgan fingerprint density at radius 3 is 2.58 bits per heavy atom. The van der Waals surface area contributed by atoms with Crippen molar-refractivity contribution in [3.63, 3.8) is 0 Å². The highest BCUT2D eigenvalue weighted by Crippen LogP contribution is 2.33. The average Bonchev–Trinajstić information content (AvgIpc) is 2.97. The van der Waals surface area contributed by atoms with E-state index in [2.05, 4.69) is 12.2 Å². The Hall–Kier alpha value is -2.89. The molecule has 1 aliphatic heterocycles. The molecule has 0 saturated carbocycles. The summed E-state index contributed by atoms with van der Waals surface area (Å²) in [6.45, 7) is 3.30. The third kappa shape index (κ3) is 3.08.